The molecule has 0 saturated carbocycles. The van der Waals surface area contributed by atoms with E-state index in [9.17, 15) is 14.0 Å². The first-order chi connectivity index (χ1) is 12.0. The minimum atomic E-state index is -0.360. The van der Waals surface area contributed by atoms with Crippen LogP contribution < -0.4 is 10.6 Å². The van der Waals surface area contributed by atoms with Gasteiger partial charge in [-0.3, -0.25) is 9.59 Å². The number of carbonyl (C=O) groups excluding carboxylic acids is 2. The van der Waals surface area contributed by atoms with Crippen LogP contribution in [0.5, 0.6) is 0 Å². The normalized spacial score (nSPS) is 10.4. The van der Waals surface area contributed by atoms with Crippen LogP contribution in [0.15, 0.2) is 40.1 Å². The second-order valence-corrected chi connectivity index (χ2v) is 6.60. The van der Waals surface area contributed by atoms with E-state index < -0.39 is 0 Å². The summed E-state index contributed by atoms with van der Waals surface area (Å²) in [5.41, 5.74) is 0.792. The van der Waals surface area contributed by atoms with Crippen LogP contribution in [0.1, 0.15) is 23.3 Å². The number of anilines is 1. The van der Waals surface area contributed by atoms with Gasteiger partial charge >= 0.3 is 0 Å². The maximum absolute atomic E-state index is 12.8. The van der Waals surface area contributed by atoms with Crippen molar-refractivity contribution < 1.29 is 14.0 Å². The number of amides is 2. The fourth-order valence-electron chi connectivity index (χ4n) is 1.90. The molecular formula is C16H16BrFN4O2S. The summed E-state index contributed by atoms with van der Waals surface area (Å²) in [4.78, 5) is 32.1. The number of nitrogens with one attached hydrogen (secondary N) is 2. The third kappa shape index (κ3) is 6.09. The van der Waals surface area contributed by atoms with Crippen LogP contribution in [0.2, 0.25) is 0 Å². The van der Waals surface area contributed by atoms with E-state index in [0.717, 1.165) is 0 Å². The van der Waals surface area contributed by atoms with Crippen molar-refractivity contribution in [3.05, 3.63) is 46.4 Å². The quantitative estimate of drug-likeness (QED) is 0.403. The largest absolute Gasteiger partial charge is 0.351 e. The van der Waals surface area contributed by atoms with Gasteiger partial charge in [0.15, 0.2) is 5.16 Å². The molecule has 2 amide bonds. The Kier molecular flexibility index (Phi) is 7.32. The first-order valence-corrected chi connectivity index (χ1v) is 9.41. The molecule has 2 rings (SSSR count). The van der Waals surface area contributed by atoms with Gasteiger partial charge in [-0.15, -0.1) is 0 Å². The highest BCUT2D eigenvalue weighted by molar-refractivity contribution is 9.10. The second-order valence-electron chi connectivity index (χ2n) is 4.97. The van der Waals surface area contributed by atoms with Crippen LogP contribution >= 0.6 is 27.7 Å². The summed E-state index contributed by atoms with van der Waals surface area (Å²) >= 11 is 4.59. The van der Waals surface area contributed by atoms with Crippen molar-refractivity contribution in [2.24, 2.45) is 0 Å². The van der Waals surface area contributed by atoms with Crippen molar-refractivity contribution in [2.75, 3.05) is 18.1 Å². The van der Waals surface area contributed by atoms with E-state index in [-0.39, 0.29) is 29.7 Å². The van der Waals surface area contributed by atoms with Crippen LogP contribution in [-0.2, 0) is 4.79 Å². The Labute approximate surface area is 157 Å². The molecular weight excluding hydrogens is 411 g/mol. The van der Waals surface area contributed by atoms with E-state index in [4.69, 9.17) is 0 Å². The Bertz CT molecular complexity index is 758. The summed E-state index contributed by atoms with van der Waals surface area (Å²) in [6.07, 6.45) is 4.06. The molecule has 0 aliphatic carbocycles. The predicted molar refractivity (Wildman–Crippen MR) is 98.1 cm³/mol. The molecule has 0 bridgehead atoms. The van der Waals surface area contributed by atoms with E-state index in [1.165, 1.54) is 42.2 Å². The van der Waals surface area contributed by atoms with E-state index >= 15 is 0 Å². The van der Waals surface area contributed by atoms with Crippen LogP contribution in [0, 0.1) is 5.82 Å². The number of nitrogens with zero attached hydrogens (tertiary/aromatic N) is 2. The number of hydrogen-bond acceptors (Lipinski definition) is 5. The van der Waals surface area contributed by atoms with Crippen LogP contribution in [-0.4, -0.2) is 34.6 Å². The Morgan fingerprint density at radius 3 is 2.68 bits per heavy atom. The molecule has 1 aromatic heterocycles. The zero-order valence-electron chi connectivity index (χ0n) is 13.4. The van der Waals surface area contributed by atoms with Gasteiger partial charge < -0.3 is 10.6 Å². The van der Waals surface area contributed by atoms with Gasteiger partial charge in [0.2, 0.25) is 5.91 Å². The lowest BCUT2D eigenvalue weighted by atomic mass is 10.2. The van der Waals surface area contributed by atoms with Crippen LogP contribution in [0.25, 0.3) is 0 Å². The highest BCUT2D eigenvalue weighted by Crippen LogP contribution is 2.17. The summed E-state index contributed by atoms with van der Waals surface area (Å²) in [5.74, 6) is -0.890. The molecule has 0 fully saturated rings. The number of carbonyl (C=O) groups is 2. The molecule has 2 N–H and O–H groups in total. The van der Waals surface area contributed by atoms with Crippen molar-refractivity contribution in [3.8, 4) is 0 Å². The van der Waals surface area contributed by atoms with Gasteiger partial charge in [-0.2, -0.15) is 0 Å². The summed E-state index contributed by atoms with van der Waals surface area (Å²) < 4.78 is 13.3. The van der Waals surface area contributed by atoms with E-state index in [1.54, 1.807) is 0 Å². The summed E-state index contributed by atoms with van der Waals surface area (Å²) in [7, 11) is 0. The number of rotatable bonds is 7. The zero-order valence-corrected chi connectivity index (χ0v) is 15.8. The minimum Gasteiger partial charge on any atom is -0.351 e. The zero-order chi connectivity index (χ0) is 18.2. The summed E-state index contributed by atoms with van der Waals surface area (Å²) in [6.45, 7) is 0.334. The number of aromatic nitrogens is 2. The topological polar surface area (TPSA) is 84.0 Å². The van der Waals surface area contributed by atoms with Crippen molar-refractivity contribution in [1.29, 1.82) is 0 Å². The van der Waals surface area contributed by atoms with E-state index in [1.807, 2.05) is 6.26 Å². The number of hydrogen-bond donors (Lipinski definition) is 2. The molecule has 6 nitrogen and oxygen atoms in total. The Balaban J connectivity index is 1.76. The van der Waals surface area contributed by atoms with Gasteiger partial charge in [-0.1, -0.05) is 11.8 Å². The Morgan fingerprint density at radius 2 is 2.00 bits per heavy atom. The van der Waals surface area contributed by atoms with Crippen molar-refractivity contribution in [3.63, 3.8) is 0 Å². The maximum atomic E-state index is 12.8. The smallest absolute Gasteiger partial charge is 0.271 e. The van der Waals surface area contributed by atoms with Gasteiger partial charge in [0.05, 0.1) is 4.47 Å². The first kappa shape index (κ1) is 19.3. The van der Waals surface area contributed by atoms with E-state index in [2.05, 4.69) is 36.5 Å². The fourth-order valence-corrected chi connectivity index (χ4v) is 2.61. The number of halogens is 2. The average molecular weight is 427 g/mol. The predicted octanol–water partition coefficient (Wildman–Crippen LogP) is 3.25. The third-order valence-electron chi connectivity index (χ3n) is 3.11. The van der Waals surface area contributed by atoms with Crippen LogP contribution in [0.3, 0.4) is 0 Å². The molecule has 2 aromatic rings. The lowest BCUT2D eigenvalue weighted by Gasteiger charge is -2.07. The highest BCUT2D eigenvalue weighted by Gasteiger charge is 2.13. The van der Waals surface area contributed by atoms with Crippen LogP contribution in [0.4, 0.5) is 10.1 Å². The fraction of sp³-hybridized carbons (Fsp3) is 0.250. The molecule has 1 heterocycles. The molecule has 0 atom stereocenters. The van der Waals surface area contributed by atoms with Crippen molar-refractivity contribution >= 4 is 45.2 Å². The lowest BCUT2D eigenvalue weighted by molar-refractivity contribution is -0.116. The molecule has 0 aliphatic rings. The van der Waals surface area contributed by atoms with Crippen molar-refractivity contribution in [2.45, 2.75) is 18.0 Å². The molecule has 0 radical (unpaired) electrons. The molecule has 132 valence electrons. The standard InChI is InChI=1S/C16H16BrFN4O2S/c1-25-16-20-9-12(17)14(22-16)15(24)19-8-2-3-13(23)21-11-6-4-10(18)5-7-11/h4-7,9H,2-3,8H2,1H3,(H,19,24)(H,21,23). The van der Waals surface area contributed by atoms with Gasteiger partial charge in [-0.25, -0.2) is 14.4 Å². The lowest BCUT2D eigenvalue weighted by Crippen LogP contribution is -2.27. The Hall–Kier alpha value is -2.00. The van der Waals surface area contributed by atoms with Gasteiger partial charge in [0, 0.05) is 24.8 Å². The maximum Gasteiger partial charge on any atom is 0.271 e. The molecule has 0 unspecified atom stereocenters. The van der Waals surface area contributed by atoms with Gasteiger partial charge in [0.1, 0.15) is 11.5 Å². The van der Waals surface area contributed by atoms with Crippen molar-refractivity contribution in [1.82, 2.24) is 15.3 Å². The summed E-state index contributed by atoms with van der Waals surface area (Å²) in [5, 5.41) is 5.89. The molecule has 0 spiro atoms. The third-order valence-corrected chi connectivity index (χ3v) is 4.26. The van der Waals surface area contributed by atoms with Gasteiger partial charge in [-0.05, 0) is 52.9 Å². The monoisotopic (exact) mass is 426 g/mol. The average Bonchev–Trinajstić information content (AvgIpc) is 2.61. The molecule has 0 saturated heterocycles. The molecule has 25 heavy (non-hydrogen) atoms. The summed E-state index contributed by atoms with van der Waals surface area (Å²) in [6, 6.07) is 5.53. The highest BCUT2D eigenvalue weighted by atomic mass is 79.9. The Morgan fingerprint density at radius 1 is 1.28 bits per heavy atom. The first-order valence-electron chi connectivity index (χ1n) is 7.39. The number of benzene rings is 1. The molecule has 1 aromatic carbocycles. The van der Waals surface area contributed by atoms with E-state index in [0.29, 0.717) is 28.3 Å². The number of thioether (sulfide) groups is 1. The molecule has 0 aliphatic heterocycles. The minimum absolute atomic E-state index is 0.200. The second kappa shape index (κ2) is 9.47. The van der Waals surface area contributed by atoms with Gasteiger partial charge in [0.25, 0.3) is 5.91 Å². The SMILES string of the molecule is CSc1ncc(Br)c(C(=O)NCCCC(=O)Nc2ccc(F)cc2)n1. The molecule has 9 heteroatoms.